The molecule has 0 saturated carbocycles. The first-order valence-electron chi connectivity index (χ1n) is 8.04. The minimum Gasteiger partial charge on any atom is -0.256 e. The smallest absolute Gasteiger partial charge is 0.0705 e. The average Bonchev–Trinajstić information content (AvgIpc) is 2.62. The molecule has 1 aliphatic carbocycles. The lowest BCUT2D eigenvalue weighted by Crippen LogP contribution is -2.03. The van der Waals surface area contributed by atoms with Crippen LogP contribution in [0.25, 0.3) is 22.4 Å². The molecule has 1 nitrogen and oxygen atoms in total. The van der Waals surface area contributed by atoms with E-state index in [1.54, 1.807) is 0 Å². The van der Waals surface area contributed by atoms with E-state index in [0.717, 1.165) is 5.69 Å². The van der Waals surface area contributed by atoms with Gasteiger partial charge in [0.05, 0.1) is 5.69 Å². The van der Waals surface area contributed by atoms with Gasteiger partial charge in [-0.1, -0.05) is 48.5 Å². The van der Waals surface area contributed by atoms with E-state index in [0.29, 0.717) is 0 Å². The van der Waals surface area contributed by atoms with E-state index in [4.69, 9.17) is 4.98 Å². The summed E-state index contributed by atoms with van der Waals surface area (Å²) in [5.41, 5.74) is 7.73. The normalized spacial score (nSPS) is 13.6. The van der Waals surface area contributed by atoms with Crippen LogP contribution in [0.15, 0.2) is 66.9 Å². The van der Waals surface area contributed by atoms with E-state index in [9.17, 15) is 0 Å². The SMILES string of the molecule is c1ccc(-c2cccc(-c3cc4c(cn3)CCCC4)c2)cc1. The third-order valence-corrected chi connectivity index (χ3v) is 4.49. The highest BCUT2D eigenvalue weighted by Crippen LogP contribution is 2.28. The molecule has 0 spiro atoms. The Bertz CT molecular complexity index is 790. The molecule has 0 atom stereocenters. The van der Waals surface area contributed by atoms with Crippen LogP contribution in [-0.4, -0.2) is 4.98 Å². The molecule has 0 saturated heterocycles. The molecule has 0 N–H and O–H groups in total. The average molecular weight is 285 g/mol. The van der Waals surface area contributed by atoms with Crippen molar-refractivity contribution in [3.8, 4) is 22.4 Å². The summed E-state index contributed by atoms with van der Waals surface area (Å²) < 4.78 is 0. The fraction of sp³-hybridized carbons (Fsp3) is 0.190. The molecule has 3 aromatic rings. The minimum absolute atomic E-state index is 1.10. The van der Waals surface area contributed by atoms with Crippen molar-refractivity contribution in [2.24, 2.45) is 0 Å². The Labute approximate surface area is 131 Å². The maximum absolute atomic E-state index is 4.70. The van der Waals surface area contributed by atoms with Gasteiger partial charge in [0.15, 0.2) is 0 Å². The highest BCUT2D eigenvalue weighted by Gasteiger charge is 2.11. The van der Waals surface area contributed by atoms with Crippen LogP contribution in [0.1, 0.15) is 24.0 Å². The van der Waals surface area contributed by atoms with Crippen molar-refractivity contribution in [1.29, 1.82) is 0 Å². The number of pyridine rings is 1. The van der Waals surface area contributed by atoms with E-state index in [-0.39, 0.29) is 0 Å². The quantitative estimate of drug-likeness (QED) is 0.623. The Balaban J connectivity index is 1.74. The Morgan fingerprint density at radius 2 is 1.36 bits per heavy atom. The van der Waals surface area contributed by atoms with Gasteiger partial charge < -0.3 is 0 Å². The number of rotatable bonds is 2. The first kappa shape index (κ1) is 13.3. The number of benzene rings is 2. The van der Waals surface area contributed by atoms with Crippen LogP contribution in [0.4, 0.5) is 0 Å². The Kier molecular flexibility index (Phi) is 3.48. The number of aryl methyl sites for hydroxylation is 2. The molecular weight excluding hydrogens is 266 g/mol. The number of nitrogens with zero attached hydrogens (tertiary/aromatic N) is 1. The monoisotopic (exact) mass is 285 g/mol. The molecule has 0 fully saturated rings. The lowest BCUT2D eigenvalue weighted by molar-refractivity contribution is 0.682. The Hall–Kier alpha value is -2.41. The summed E-state index contributed by atoms with van der Waals surface area (Å²) in [7, 11) is 0. The van der Waals surface area contributed by atoms with Crippen molar-refractivity contribution in [1.82, 2.24) is 4.98 Å². The molecule has 0 amide bonds. The van der Waals surface area contributed by atoms with E-state index >= 15 is 0 Å². The van der Waals surface area contributed by atoms with Crippen molar-refractivity contribution in [2.75, 3.05) is 0 Å². The molecule has 0 aliphatic heterocycles. The van der Waals surface area contributed by atoms with Gasteiger partial charge in [-0.3, -0.25) is 4.98 Å². The predicted octanol–water partition coefficient (Wildman–Crippen LogP) is 5.29. The lowest BCUT2D eigenvalue weighted by atomic mass is 9.92. The van der Waals surface area contributed by atoms with Crippen molar-refractivity contribution < 1.29 is 0 Å². The molecule has 2 aromatic carbocycles. The van der Waals surface area contributed by atoms with Gasteiger partial charge in [-0.05, 0) is 60.1 Å². The molecule has 0 bridgehead atoms. The highest BCUT2D eigenvalue weighted by molar-refractivity contribution is 5.71. The van der Waals surface area contributed by atoms with Crippen molar-refractivity contribution >= 4 is 0 Å². The first-order chi connectivity index (χ1) is 10.9. The summed E-state index contributed by atoms with van der Waals surface area (Å²) in [4.78, 5) is 4.70. The van der Waals surface area contributed by atoms with E-state index in [2.05, 4.69) is 66.9 Å². The van der Waals surface area contributed by atoms with Crippen LogP contribution in [0.3, 0.4) is 0 Å². The summed E-state index contributed by atoms with van der Waals surface area (Å²) in [5.74, 6) is 0. The van der Waals surface area contributed by atoms with E-state index in [1.165, 1.54) is 53.5 Å². The second kappa shape index (κ2) is 5.76. The second-order valence-electron chi connectivity index (χ2n) is 5.99. The Morgan fingerprint density at radius 1 is 0.636 bits per heavy atom. The topological polar surface area (TPSA) is 12.9 Å². The van der Waals surface area contributed by atoms with Gasteiger partial charge in [0.25, 0.3) is 0 Å². The summed E-state index contributed by atoms with van der Waals surface area (Å²) in [6.45, 7) is 0. The van der Waals surface area contributed by atoms with Gasteiger partial charge in [0.1, 0.15) is 0 Å². The summed E-state index contributed by atoms with van der Waals surface area (Å²) in [5, 5.41) is 0. The van der Waals surface area contributed by atoms with E-state index in [1.807, 2.05) is 0 Å². The number of hydrogen-bond donors (Lipinski definition) is 0. The lowest BCUT2D eigenvalue weighted by Gasteiger charge is -2.16. The van der Waals surface area contributed by atoms with Gasteiger partial charge in [-0.15, -0.1) is 0 Å². The number of hydrogen-bond acceptors (Lipinski definition) is 1. The molecule has 1 aliphatic rings. The van der Waals surface area contributed by atoms with Gasteiger partial charge in [0, 0.05) is 11.8 Å². The zero-order valence-corrected chi connectivity index (χ0v) is 12.6. The zero-order valence-electron chi connectivity index (χ0n) is 12.6. The Morgan fingerprint density at radius 3 is 2.23 bits per heavy atom. The molecule has 4 rings (SSSR count). The molecule has 1 heteroatoms. The molecule has 0 radical (unpaired) electrons. The third-order valence-electron chi connectivity index (χ3n) is 4.49. The molecule has 22 heavy (non-hydrogen) atoms. The molecule has 108 valence electrons. The predicted molar refractivity (Wildman–Crippen MR) is 91.8 cm³/mol. The summed E-state index contributed by atoms with van der Waals surface area (Å²) >= 11 is 0. The van der Waals surface area contributed by atoms with Crippen LogP contribution < -0.4 is 0 Å². The van der Waals surface area contributed by atoms with E-state index < -0.39 is 0 Å². The summed E-state index contributed by atoms with van der Waals surface area (Å²) in [6, 6.07) is 21.5. The van der Waals surface area contributed by atoms with Crippen LogP contribution in [0, 0.1) is 0 Å². The van der Waals surface area contributed by atoms with Crippen molar-refractivity contribution in [3.05, 3.63) is 78.0 Å². The van der Waals surface area contributed by atoms with Crippen LogP contribution in [0.2, 0.25) is 0 Å². The fourth-order valence-electron chi connectivity index (χ4n) is 3.26. The molecular formula is C21H19N. The molecule has 0 unspecified atom stereocenters. The van der Waals surface area contributed by atoms with Crippen LogP contribution in [-0.2, 0) is 12.8 Å². The first-order valence-corrected chi connectivity index (χ1v) is 8.04. The molecule has 1 heterocycles. The maximum atomic E-state index is 4.70. The largest absolute Gasteiger partial charge is 0.256 e. The zero-order chi connectivity index (χ0) is 14.8. The van der Waals surface area contributed by atoms with Gasteiger partial charge in [-0.25, -0.2) is 0 Å². The number of aromatic nitrogens is 1. The molecule has 1 aromatic heterocycles. The maximum Gasteiger partial charge on any atom is 0.0705 e. The third kappa shape index (κ3) is 2.55. The highest BCUT2D eigenvalue weighted by atomic mass is 14.7. The summed E-state index contributed by atoms with van der Waals surface area (Å²) in [6.07, 6.45) is 7.08. The van der Waals surface area contributed by atoms with Crippen molar-refractivity contribution in [3.63, 3.8) is 0 Å². The van der Waals surface area contributed by atoms with Gasteiger partial charge in [-0.2, -0.15) is 0 Å². The fourth-order valence-corrected chi connectivity index (χ4v) is 3.26. The minimum atomic E-state index is 1.10. The van der Waals surface area contributed by atoms with Crippen molar-refractivity contribution in [2.45, 2.75) is 25.7 Å². The van der Waals surface area contributed by atoms with Gasteiger partial charge in [0.2, 0.25) is 0 Å². The van der Waals surface area contributed by atoms with Crippen LogP contribution >= 0.6 is 0 Å². The standard InChI is InChI=1S/C21H19N/c1-2-7-16(8-3-1)17-11-6-12-19(13-17)21-14-18-9-4-5-10-20(18)15-22-21/h1-3,6-8,11-15H,4-5,9-10H2. The van der Waals surface area contributed by atoms with Gasteiger partial charge >= 0.3 is 0 Å². The van der Waals surface area contributed by atoms with Crippen LogP contribution in [0.5, 0.6) is 0 Å². The second-order valence-corrected chi connectivity index (χ2v) is 5.99. The number of fused-ring (bicyclic) bond motifs is 1.